The van der Waals surface area contributed by atoms with E-state index in [4.69, 9.17) is 0 Å². The molecule has 17 heavy (non-hydrogen) atoms. The molecule has 1 rings (SSSR count). The summed E-state index contributed by atoms with van der Waals surface area (Å²) in [5.74, 6) is -0.339. The van der Waals surface area contributed by atoms with Crippen LogP contribution in [0.1, 0.15) is 27.2 Å². The van der Waals surface area contributed by atoms with Crippen molar-refractivity contribution in [1.29, 1.82) is 0 Å². The SMILES string of the molecule is CCNC(=O)NC(=O)C(C)N1CC(O)(CC)C1. The molecule has 3 N–H and O–H groups in total. The summed E-state index contributed by atoms with van der Waals surface area (Å²) in [7, 11) is 0. The second-order valence-corrected chi connectivity index (χ2v) is 4.51. The number of amides is 3. The molecule has 0 aromatic rings. The molecule has 98 valence electrons. The molecule has 1 aliphatic rings. The van der Waals surface area contributed by atoms with Crippen LogP contribution in [0.5, 0.6) is 0 Å². The summed E-state index contributed by atoms with van der Waals surface area (Å²) in [5, 5.41) is 14.6. The van der Waals surface area contributed by atoms with E-state index in [1.54, 1.807) is 13.8 Å². The number of carbonyl (C=O) groups is 2. The molecule has 0 aromatic carbocycles. The van der Waals surface area contributed by atoms with E-state index in [1.807, 2.05) is 11.8 Å². The molecule has 0 bridgehead atoms. The normalized spacial score (nSPS) is 20.2. The van der Waals surface area contributed by atoms with Crippen LogP contribution >= 0.6 is 0 Å². The summed E-state index contributed by atoms with van der Waals surface area (Å²) in [6, 6.07) is -0.875. The number of hydrogen-bond donors (Lipinski definition) is 3. The van der Waals surface area contributed by atoms with Gasteiger partial charge in [0.15, 0.2) is 0 Å². The molecule has 1 unspecified atom stereocenters. The topological polar surface area (TPSA) is 81.7 Å². The van der Waals surface area contributed by atoms with Crippen LogP contribution in [-0.4, -0.2) is 53.2 Å². The van der Waals surface area contributed by atoms with Crippen molar-refractivity contribution in [3.63, 3.8) is 0 Å². The molecule has 6 heteroatoms. The second-order valence-electron chi connectivity index (χ2n) is 4.51. The molecule has 0 saturated carbocycles. The first-order valence-electron chi connectivity index (χ1n) is 5.97. The highest BCUT2D eigenvalue weighted by Gasteiger charge is 2.43. The van der Waals surface area contributed by atoms with E-state index in [1.165, 1.54) is 0 Å². The van der Waals surface area contributed by atoms with Crippen molar-refractivity contribution in [2.24, 2.45) is 0 Å². The van der Waals surface area contributed by atoms with Gasteiger partial charge in [-0.3, -0.25) is 15.0 Å². The number of imide groups is 1. The van der Waals surface area contributed by atoms with Crippen LogP contribution in [0.4, 0.5) is 4.79 Å². The van der Waals surface area contributed by atoms with Crippen molar-refractivity contribution in [2.75, 3.05) is 19.6 Å². The third-order valence-corrected chi connectivity index (χ3v) is 3.15. The number of hydrogen-bond acceptors (Lipinski definition) is 4. The molecule has 1 saturated heterocycles. The van der Waals surface area contributed by atoms with Crippen LogP contribution in [-0.2, 0) is 4.79 Å². The molecule has 6 nitrogen and oxygen atoms in total. The number of nitrogens with one attached hydrogen (secondary N) is 2. The molecule has 0 aliphatic carbocycles. The summed E-state index contributed by atoms with van der Waals surface area (Å²) in [6.45, 7) is 6.86. The maximum atomic E-state index is 11.7. The van der Waals surface area contributed by atoms with Crippen LogP contribution in [0.2, 0.25) is 0 Å². The molecule has 1 heterocycles. The molecule has 1 fully saturated rings. The smallest absolute Gasteiger partial charge is 0.321 e. The van der Waals surface area contributed by atoms with E-state index in [2.05, 4.69) is 10.6 Å². The van der Waals surface area contributed by atoms with Crippen LogP contribution in [0.15, 0.2) is 0 Å². The van der Waals surface area contributed by atoms with Crippen molar-refractivity contribution in [3.05, 3.63) is 0 Å². The van der Waals surface area contributed by atoms with Crippen molar-refractivity contribution < 1.29 is 14.7 Å². The van der Waals surface area contributed by atoms with Crippen LogP contribution in [0.25, 0.3) is 0 Å². The fraction of sp³-hybridized carbons (Fsp3) is 0.818. The van der Waals surface area contributed by atoms with Crippen molar-refractivity contribution in [3.8, 4) is 0 Å². The van der Waals surface area contributed by atoms with Crippen molar-refractivity contribution in [2.45, 2.75) is 38.8 Å². The maximum Gasteiger partial charge on any atom is 0.321 e. The lowest BCUT2D eigenvalue weighted by atomic mass is 9.90. The maximum absolute atomic E-state index is 11.7. The Morgan fingerprint density at radius 1 is 1.41 bits per heavy atom. The van der Waals surface area contributed by atoms with E-state index >= 15 is 0 Å². The Balaban J connectivity index is 2.36. The Bertz CT molecular complexity index is 300. The number of aliphatic hydroxyl groups is 1. The minimum atomic E-state index is -0.666. The van der Waals surface area contributed by atoms with Crippen LogP contribution in [0, 0.1) is 0 Å². The Morgan fingerprint density at radius 2 is 2.00 bits per heavy atom. The highest BCUT2D eigenvalue weighted by molar-refractivity contribution is 5.96. The van der Waals surface area contributed by atoms with Gasteiger partial charge in [0, 0.05) is 19.6 Å². The fourth-order valence-electron chi connectivity index (χ4n) is 1.79. The van der Waals surface area contributed by atoms with Gasteiger partial charge < -0.3 is 10.4 Å². The second kappa shape index (κ2) is 5.46. The third kappa shape index (κ3) is 3.41. The zero-order chi connectivity index (χ0) is 13.1. The van der Waals surface area contributed by atoms with Gasteiger partial charge in [-0.2, -0.15) is 0 Å². The molecule has 3 amide bonds. The lowest BCUT2D eigenvalue weighted by Crippen LogP contribution is -2.66. The Labute approximate surface area is 101 Å². The number of urea groups is 1. The lowest BCUT2D eigenvalue weighted by Gasteiger charge is -2.48. The van der Waals surface area contributed by atoms with E-state index in [9.17, 15) is 14.7 Å². The molecule has 0 radical (unpaired) electrons. The average Bonchev–Trinajstić information content (AvgIpc) is 2.24. The van der Waals surface area contributed by atoms with Gasteiger partial charge in [0.25, 0.3) is 0 Å². The van der Waals surface area contributed by atoms with Gasteiger partial charge >= 0.3 is 6.03 Å². The number of rotatable bonds is 4. The fourth-order valence-corrected chi connectivity index (χ4v) is 1.79. The van der Waals surface area contributed by atoms with E-state index in [0.29, 0.717) is 26.1 Å². The van der Waals surface area contributed by atoms with E-state index in [-0.39, 0.29) is 5.91 Å². The highest BCUT2D eigenvalue weighted by atomic mass is 16.3. The van der Waals surface area contributed by atoms with E-state index < -0.39 is 17.7 Å². The number of likely N-dealkylation sites (tertiary alicyclic amines) is 1. The monoisotopic (exact) mass is 243 g/mol. The minimum Gasteiger partial charge on any atom is -0.387 e. The summed E-state index contributed by atoms with van der Waals surface area (Å²) in [4.78, 5) is 24.7. The zero-order valence-electron chi connectivity index (χ0n) is 10.6. The van der Waals surface area contributed by atoms with Gasteiger partial charge in [0.05, 0.1) is 11.6 Å². The molecule has 1 aliphatic heterocycles. The quantitative estimate of drug-likeness (QED) is 0.632. The number of nitrogens with zero attached hydrogens (tertiary/aromatic N) is 1. The molecule has 1 atom stereocenters. The first-order valence-corrected chi connectivity index (χ1v) is 5.97. The van der Waals surface area contributed by atoms with Crippen molar-refractivity contribution in [1.82, 2.24) is 15.5 Å². The summed E-state index contributed by atoms with van der Waals surface area (Å²) < 4.78 is 0. The van der Waals surface area contributed by atoms with Gasteiger partial charge in [-0.15, -0.1) is 0 Å². The minimum absolute atomic E-state index is 0.339. The molecular weight excluding hydrogens is 222 g/mol. The Morgan fingerprint density at radius 3 is 2.47 bits per heavy atom. The largest absolute Gasteiger partial charge is 0.387 e. The standard InChI is InChI=1S/C11H21N3O3/c1-4-11(17)6-14(7-11)8(3)9(15)13-10(16)12-5-2/h8,17H,4-7H2,1-3H3,(H2,12,13,15,16). The Kier molecular flexibility index (Phi) is 4.47. The number of β-amino-alcohol motifs (C(OH)–C–C–N with tert-alkyl or cyclic N) is 1. The molecule has 0 spiro atoms. The summed E-state index contributed by atoms with van der Waals surface area (Å²) >= 11 is 0. The molecule has 0 aromatic heterocycles. The Hall–Kier alpha value is -1.14. The third-order valence-electron chi connectivity index (χ3n) is 3.15. The predicted octanol–water partition coefficient (Wildman–Crippen LogP) is -0.323. The van der Waals surface area contributed by atoms with Crippen LogP contribution < -0.4 is 10.6 Å². The van der Waals surface area contributed by atoms with Crippen LogP contribution in [0.3, 0.4) is 0 Å². The van der Waals surface area contributed by atoms with Gasteiger partial charge in [-0.1, -0.05) is 6.92 Å². The summed E-state index contributed by atoms with van der Waals surface area (Å²) in [6.07, 6.45) is 0.675. The van der Waals surface area contributed by atoms with Gasteiger partial charge in [-0.05, 0) is 20.3 Å². The number of carbonyl (C=O) groups excluding carboxylic acids is 2. The van der Waals surface area contributed by atoms with E-state index in [0.717, 1.165) is 0 Å². The lowest BCUT2D eigenvalue weighted by molar-refractivity contribution is -0.141. The summed E-state index contributed by atoms with van der Waals surface area (Å²) in [5.41, 5.74) is -0.666. The first kappa shape index (κ1) is 13.9. The highest BCUT2D eigenvalue weighted by Crippen LogP contribution is 2.25. The zero-order valence-corrected chi connectivity index (χ0v) is 10.6. The van der Waals surface area contributed by atoms with Gasteiger partial charge in [0.1, 0.15) is 0 Å². The molecular formula is C11H21N3O3. The van der Waals surface area contributed by atoms with Gasteiger partial charge in [-0.25, -0.2) is 4.79 Å². The average molecular weight is 243 g/mol. The first-order chi connectivity index (χ1) is 7.91. The predicted molar refractivity (Wildman–Crippen MR) is 63.5 cm³/mol. The van der Waals surface area contributed by atoms with Gasteiger partial charge in [0.2, 0.25) is 5.91 Å². The van der Waals surface area contributed by atoms with Crippen molar-refractivity contribution >= 4 is 11.9 Å².